The predicted molar refractivity (Wildman–Crippen MR) is 82.5 cm³/mol. The maximum atomic E-state index is 8.46. The van der Waals surface area contributed by atoms with E-state index >= 15 is 0 Å². The van der Waals surface area contributed by atoms with Crippen LogP contribution in [0.15, 0.2) is 48.5 Å². The molecule has 2 aromatic carbocycles. The van der Waals surface area contributed by atoms with Gasteiger partial charge in [-0.25, -0.2) is 0 Å². The topological polar surface area (TPSA) is 54.3 Å². The molecule has 0 aliphatic heterocycles. The molecular weight excluding hydrogens is 264 g/mol. The second kappa shape index (κ2) is 7.81. The molecule has 0 atom stereocenters. The van der Waals surface area contributed by atoms with Gasteiger partial charge in [0.2, 0.25) is 0 Å². The van der Waals surface area contributed by atoms with Crippen molar-refractivity contribution < 1.29 is 9.47 Å². The molecule has 0 amide bonds. The van der Waals surface area contributed by atoms with E-state index in [0.29, 0.717) is 18.9 Å². The SMILES string of the molecule is CCOc1cccc(NCc2ccc(OCC#N)cc2)c1. The fraction of sp³-hybridized carbons (Fsp3) is 0.235. The van der Waals surface area contributed by atoms with E-state index in [1.165, 1.54) is 0 Å². The van der Waals surface area contributed by atoms with Crippen LogP contribution in [0.3, 0.4) is 0 Å². The van der Waals surface area contributed by atoms with Crippen molar-refractivity contribution in [3.8, 4) is 17.6 Å². The molecule has 0 bridgehead atoms. The first-order valence-corrected chi connectivity index (χ1v) is 6.87. The zero-order valence-electron chi connectivity index (χ0n) is 12.0. The van der Waals surface area contributed by atoms with Crippen molar-refractivity contribution in [3.05, 3.63) is 54.1 Å². The van der Waals surface area contributed by atoms with Gasteiger partial charge in [-0.2, -0.15) is 5.26 Å². The van der Waals surface area contributed by atoms with Gasteiger partial charge in [-0.15, -0.1) is 0 Å². The van der Waals surface area contributed by atoms with Crippen molar-refractivity contribution in [1.82, 2.24) is 0 Å². The van der Waals surface area contributed by atoms with Gasteiger partial charge in [-0.3, -0.25) is 0 Å². The van der Waals surface area contributed by atoms with Crippen LogP contribution < -0.4 is 14.8 Å². The first kappa shape index (κ1) is 14.7. The van der Waals surface area contributed by atoms with Crippen LogP contribution >= 0.6 is 0 Å². The van der Waals surface area contributed by atoms with E-state index in [2.05, 4.69) is 5.32 Å². The van der Waals surface area contributed by atoms with Crippen LogP contribution in [0.2, 0.25) is 0 Å². The quantitative estimate of drug-likeness (QED) is 0.843. The normalized spacial score (nSPS) is 9.71. The summed E-state index contributed by atoms with van der Waals surface area (Å²) < 4.78 is 10.7. The number of nitriles is 1. The Bertz CT molecular complexity index is 603. The van der Waals surface area contributed by atoms with E-state index in [1.807, 2.05) is 61.5 Å². The molecule has 0 unspecified atom stereocenters. The van der Waals surface area contributed by atoms with Crippen LogP contribution in [0, 0.1) is 11.3 Å². The second-order valence-corrected chi connectivity index (χ2v) is 4.41. The van der Waals surface area contributed by atoms with Crippen LogP contribution in [0.1, 0.15) is 12.5 Å². The minimum atomic E-state index is 0.0712. The lowest BCUT2D eigenvalue weighted by Gasteiger charge is -2.09. The van der Waals surface area contributed by atoms with E-state index in [0.717, 1.165) is 17.0 Å². The Kier molecular flexibility index (Phi) is 5.48. The number of rotatable bonds is 7. The molecule has 0 aromatic heterocycles. The first-order chi connectivity index (χ1) is 10.3. The monoisotopic (exact) mass is 282 g/mol. The Hall–Kier alpha value is -2.67. The second-order valence-electron chi connectivity index (χ2n) is 4.41. The highest BCUT2D eigenvalue weighted by Crippen LogP contribution is 2.18. The molecule has 2 rings (SSSR count). The number of anilines is 1. The highest BCUT2D eigenvalue weighted by atomic mass is 16.5. The summed E-state index contributed by atoms with van der Waals surface area (Å²) in [6.07, 6.45) is 0. The van der Waals surface area contributed by atoms with Crippen molar-refractivity contribution in [2.24, 2.45) is 0 Å². The summed E-state index contributed by atoms with van der Waals surface area (Å²) in [5.74, 6) is 1.57. The van der Waals surface area contributed by atoms with Crippen molar-refractivity contribution in [2.45, 2.75) is 13.5 Å². The number of hydrogen-bond donors (Lipinski definition) is 1. The van der Waals surface area contributed by atoms with E-state index in [1.54, 1.807) is 0 Å². The lowest BCUT2D eigenvalue weighted by Crippen LogP contribution is -2.00. The van der Waals surface area contributed by atoms with E-state index in [4.69, 9.17) is 14.7 Å². The van der Waals surface area contributed by atoms with E-state index < -0.39 is 0 Å². The maximum absolute atomic E-state index is 8.46. The molecule has 0 radical (unpaired) electrons. The summed E-state index contributed by atoms with van der Waals surface area (Å²) in [5.41, 5.74) is 2.16. The lowest BCUT2D eigenvalue weighted by atomic mass is 10.2. The summed E-state index contributed by atoms with van der Waals surface area (Å²) >= 11 is 0. The summed E-state index contributed by atoms with van der Waals surface area (Å²) in [7, 11) is 0. The Balaban J connectivity index is 1.90. The highest BCUT2D eigenvalue weighted by molar-refractivity contribution is 5.48. The summed E-state index contributed by atoms with van der Waals surface area (Å²) in [4.78, 5) is 0. The fourth-order valence-corrected chi connectivity index (χ4v) is 1.89. The molecule has 0 fully saturated rings. The number of ether oxygens (including phenoxy) is 2. The van der Waals surface area contributed by atoms with Crippen LogP contribution in [-0.4, -0.2) is 13.2 Å². The minimum absolute atomic E-state index is 0.0712. The zero-order valence-corrected chi connectivity index (χ0v) is 12.0. The summed E-state index contributed by atoms with van der Waals surface area (Å²) in [6, 6.07) is 17.5. The fourth-order valence-electron chi connectivity index (χ4n) is 1.89. The van der Waals surface area contributed by atoms with E-state index in [9.17, 15) is 0 Å². The maximum Gasteiger partial charge on any atom is 0.174 e. The first-order valence-electron chi connectivity index (χ1n) is 6.87. The van der Waals surface area contributed by atoms with Gasteiger partial charge in [-0.05, 0) is 36.8 Å². The van der Waals surface area contributed by atoms with Gasteiger partial charge in [0.05, 0.1) is 6.61 Å². The number of hydrogen-bond acceptors (Lipinski definition) is 4. The molecule has 21 heavy (non-hydrogen) atoms. The average Bonchev–Trinajstić information content (AvgIpc) is 2.53. The molecule has 108 valence electrons. The van der Waals surface area contributed by atoms with Crippen LogP contribution in [0.25, 0.3) is 0 Å². The van der Waals surface area contributed by atoms with Gasteiger partial charge < -0.3 is 14.8 Å². The highest BCUT2D eigenvalue weighted by Gasteiger charge is 1.98. The van der Waals surface area contributed by atoms with Gasteiger partial charge in [0.1, 0.15) is 17.6 Å². The molecular formula is C17H18N2O2. The number of nitrogens with zero attached hydrogens (tertiary/aromatic N) is 1. The Labute approximate surface area is 124 Å². The third-order valence-corrected chi connectivity index (χ3v) is 2.87. The predicted octanol–water partition coefficient (Wildman–Crippen LogP) is 3.60. The molecule has 0 heterocycles. The molecule has 0 aliphatic rings. The molecule has 0 spiro atoms. The molecule has 0 saturated heterocycles. The van der Waals surface area contributed by atoms with Gasteiger partial charge in [0.25, 0.3) is 0 Å². The average molecular weight is 282 g/mol. The van der Waals surface area contributed by atoms with Crippen molar-refractivity contribution in [1.29, 1.82) is 5.26 Å². The number of benzene rings is 2. The van der Waals surface area contributed by atoms with Crippen LogP contribution in [0.5, 0.6) is 11.5 Å². The largest absolute Gasteiger partial charge is 0.494 e. The molecule has 2 aromatic rings. The third kappa shape index (κ3) is 4.73. The Morgan fingerprint density at radius 3 is 2.57 bits per heavy atom. The molecule has 4 heteroatoms. The van der Waals surface area contributed by atoms with Crippen molar-refractivity contribution in [2.75, 3.05) is 18.5 Å². The third-order valence-electron chi connectivity index (χ3n) is 2.87. The van der Waals surface area contributed by atoms with Gasteiger partial charge in [0, 0.05) is 18.3 Å². The van der Waals surface area contributed by atoms with Crippen molar-refractivity contribution >= 4 is 5.69 Å². The molecule has 0 aliphatic carbocycles. The zero-order chi connectivity index (χ0) is 14.9. The number of nitrogens with one attached hydrogen (secondary N) is 1. The van der Waals surface area contributed by atoms with Gasteiger partial charge in [0.15, 0.2) is 6.61 Å². The van der Waals surface area contributed by atoms with Gasteiger partial charge >= 0.3 is 0 Å². The Morgan fingerprint density at radius 1 is 1.05 bits per heavy atom. The minimum Gasteiger partial charge on any atom is -0.494 e. The van der Waals surface area contributed by atoms with Crippen LogP contribution in [-0.2, 0) is 6.54 Å². The summed E-state index contributed by atoms with van der Waals surface area (Å²) in [5, 5.41) is 11.8. The van der Waals surface area contributed by atoms with Crippen LogP contribution in [0.4, 0.5) is 5.69 Å². The smallest absolute Gasteiger partial charge is 0.174 e. The van der Waals surface area contributed by atoms with E-state index in [-0.39, 0.29) is 6.61 Å². The lowest BCUT2D eigenvalue weighted by molar-refractivity contribution is 0.340. The molecule has 1 N–H and O–H groups in total. The standard InChI is InChI=1S/C17H18N2O2/c1-2-20-17-5-3-4-15(12-17)19-13-14-6-8-16(9-7-14)21-11-10-18/h3-9,12,19H,2,11,13H2,1H3. The Morgan fingerprint density at radius 2 is 1.86 bits per heavy atom. The summed E-state index contributed by atoms with van der Waals surface area (Å²) in [6.45, 7) is 3.42. The van der Waals surface area contributed by atoms with Crippen molar-refractivity contribution in [3.63, 3.8) is 0 Å². The molecule has 4 nitrogen and oxygen atoms in total. The van der Waals surface area contributed by atoms with Gasteiger partial charge in [-0.1, -0.05) is 18.2 Å². The molecule has 0 saturated carbocycles.